The molecule has 1 aromatic carbocycles. The lowest BCUT2D eigenvalue weighted by atomic mass is 10.1. The van der Waals surface area contributed by atoms with Crippen LogP contribution in [-0.4, -0.2) is 30.8 Å². The molecule has 0 aliphatic carbocycles. The van der Waals surface area contributed by atoms with E-state index in [2.05, 4.69) is 10.3 Å². The molecule has 2 heterocycles. The summed E-state index contributed by atoms with van der Waals surface area (Å²) in [5.74, 6) is -0.647. The molecule has 1 aromatic heterocycles. The first-order valence-corrected chi connectivity index (χ1v) is 8.54. The normalized spacial score (nSPS) is 21.6. The summed E-state index contributed by atoms with van der Waals surface area (Å²) in [4.78, 5) is 16.3. The van der Waals surface area contributed by atoms with Gasteiger partial charge in [0.25, 0.3) is 0 Å². The Morgan fingerprint density at radius 3 is 2.84 bits per heavy atom. The van der Waals surface area contributed by atoms with E-state index in [-0.39, 0.29) is 17.4 Å². The van der Waals surface area contributed by atoms with Crippen molar-refractivity contribution in [3.05, 3.63) is 24.3 Å². The van der Waals surface area contributed by atoms with E-state index in [4.69, 9.17) is 0 Å². The largest absolute Gasteiger partial charge is 0.302 e. The maximum Gasteiger partial charge on any atom is 0.230 e. The average Bonchev–Trinajstić information content (AvgIpc) is 2.91. The standard InChI is InChI=1S/C12H12N2O3S2/c15-11(8-5-6-19(16,17)7-8)14-12-13-9-3-1-2-4-10(9)18-12/h1-4,8H,5-7H2,(H,13,14,15)/t8-/m1/s1. The number of hydrogen-bond acceptors (Lipinski definition) is 5. The molecule has 0 radical (unpaired) electrons. The number of fused-ring (bicyclic) bond motifs is 1. The minimum absolute atomic E-state index is 0.0519. The lowest BCUT2D eigenvalue weighted by Gasteiger charge is -2.05. The highest BCUT2D eigenvalue weighted by atomic mass is 32.2. The Morgan fingerprint density at radius 2 is 2.16 bits per heavy atom. The van der Waals surface area contributed by atoms with E-state index in [0.29, 0.717) is 11.6 Å². The molecule has 1 amide bonds. The summed E-state index contributed by atoms with van der Waals surface area (Å²) in [7, 11) is -3.04. The van der Waals surface area contributed by atoms with Crippen molar-refractivity contribution in [2.24, 2.45) is 5.92 Å². The van der Waals surface area contributed by atoms with Gasteiger partial charge in [0, 0.05) is 0 Å². The van der Waals surface area contributed by atoms with Crippen LogP contribution >= 0.6 is 11.3 Å². The number of para-hydroxylation sites is 1. The van der Waals surface area contributed by atoms with E-state index in [1.54, 1.807) is 0 Å². The van der Waals surface area contributed by atoms with Crippen molar-refractivity contribution in [2.45, 2.75) is 6.42 Å². The van der Waals surface area contributed by atoms with Crippen LogP contribution in [0.4, 0.5) is 5.13 Å². The molecule has 5 nitrogen and oxygen atoms in total. The van der Waals surface area contributed by atoms with Gasteiger partial charge in [0.2, 0.25) is 5.91 Å². The second-order valence-corrected chi connectivity index (χ2v) is 7.84. The van der Waals surface area contributed by atoms with Crippen molar-refractivity contribution in [3.8, 4) is 0 Å². The molecule has 3 rings (SSSR count). The molecule has 0 spiro atoms. The summed E-state index contributed by atoms with van der Waals surface area (Å²) in [6.45, 7) is 0. The predicted molar refractivity (Wildman–Crippen MR) is 75.0 cm³/mol. The summed E-state index contributed by atoms with van der Waals surface area (Å²) in [5, 5.41) is 3.24. The molecular weight excluding hydrogens is 284 g/mol. The summed E-state index contributed by atoms with van der Waals surface area (Å²) in [6, 6.07) is 7.61. The molecule has 1 aliphatic heterocycles. The SMILES string of the molecule is O=C(Nc1nc2ccccc2s1)[C@@H]1CCS(=O)(=O)C1. The van der Waals surface area contributed by atoms with Gasteiger partial charge in [-0.15, -0.1) is 0 Å². The summed E-state index contributed by atoms with van der Waals surface area (Å²) >= 11 is 1.39. The fourth-order valence-corrected chi connectivity index (χ4v) is 4.75. The Balaban J connectivity index is 1.76. The third kappa shape index (κ3) is 2.62. The smallest absolute Gasteiger partial charge is 0.230 e. The third-order valence-corrected chi connectivity index (χ3v) is 5.85. The van der Waals surface area contributed by atoms with Gasteiger partial charge in [-0.3, -0.25) is 4.79 Å². The van der Waals surface area contributed by atoms with Gasteiger partial charge in [0.15, 0.2) is 15.0 Å². The number of nitrogens with zero attached hydrogens (tertiary/aromatic N) is 1. The van der Waals surface area contributed by atoms with Crippen LogP contribution in [0.15, 0.2) is 24.3 Å². The Morgan fingerprint density at radius 1 is 1.37 bits per heavy atom. The molecule has 2 aromatic rings. The quantitative estimate of drug-likeness (QED) is 0.914. The zero-order valence-electron chi connectivity index (χ0n) is 10.00. The highest BCUT2D eigenvalue weighted by Gasteiger charge is 2.33. The second-order valence-electron chi connectivity index (χ2n) is 4.58. The maximum atomic E-state index is 12.0. The minimum atomic E-state index is -3.04. The van der Waals surface area contributed by atoms with Crippen LogP contribution in [0.5, 0.6) is 0 Å². The summed E-state index contributed by atoms with van der Waals surface area (Å²) in [6.07, 6.45) is 0.402. The number of sulfone groups is 1. The number of amides is 1. The highest BCUT2D eigenvalue weighted by Crippen LogP contribution is 2.27. The molecule has 0 unspecified atom stereocenters. The fraction of sp³-hybridized carbons (Fsp3) is 0.333. The van der Waals surface area contributed by atoms with Gasteiger partial charge in [-0.05, 0) is 18.6 Å². The van der Waals surface area contributed by atoms with Crippen molar-refractivity contribution in [1.82, 2.24) is 4.98 Å². The number of rotatable bonds is 2. The molecule has 7 heteroatoms. The number of nitrogens with one attached hydrogen (secondary N) is 1. The average molecular weight is 296 g/mol. The number of thiazole rings is 1. The Kier molecular flexibility index (Phi) is 3.02. The highest BCUT2D eigenvalue weighted by molar-refractivity contribution is 7.91. The summed E-state index contributed by atoms with van der Waals surface area (Å²) < 4.78 is 23.7. The maximum absolute atomic E-state index is 12.0. The summed E-state index contributed by atoms with van der Waals surface area (Å²) in [5.41, 5.74) is 0.835. The van der Waals surface area contributed by atoms with E-state index in [9.17, 15) is 13.2 Å². The lowest BCUT2D eigenvalue weighted by Crippen LogP contribution is -2.23. The van der Waals surface area contributed by atoms with Gasteiger partial charge >= 0.3 is 0 Å². The van der Waals surface area contributed by atoms with Crippen LogP contribution in [0.1, 0.15) is 6.42 Å². The van der Waals surface area contributed by atoms with E-state index < -0.39 is 15.8 Å². The zero-order valence-corrected chi connectivity index (χ0v) is 11.6. The number of carbonyl (C=O) groups excluding carboxylic acids is 1. The van der Waals surface area contributed by atoms with Crippen LogP contribution in [-0.2, 0) is 14.6 Å². The van der Waals surface area contributed by atoms with Crippen molar-refractivity contribution < 1.29 is 13.2 Å². The molecular formula is C12H12N2O3S2. The predicted octanol–water partition coefficient (Wildman–Crippen LogP) is 1.67. The lowest BCUT2D eigenvalue weighted by molar-refractivity contribution is -0.119. The Labute approximate surface area is 114 Å². The molecule has 1 atom stereocenters. The Bertz CT molecular complexity index is 703. The van der Waals surface area contributed by atoms with Crippen molar-refractivity contribution >= 4 is 42.4 Å². The topological polar surface area (TPSA) is 76.1 Å². The first kappa shape index (κ1) is 12.6. The van der Waals surface area contributed by atoms with Crippen LogP contribution < -0.4 is 5.32 Å². The molecule has 1 saturated heterocycles. The van der Waals surface area contributed by atoms with E-state index in [1.807, 2.05) is 24.3 Å². The minimum Gasteiger partial charge on any atom is -0.302 e. The van der Waals surface area contributed by atoms with Gasteiger partial charge in [-0.2, -0.15) is 0 Å². The number of benzene rings is 1. The monoisotopic (exact) mass is 296 g/mol. The first-order valence-electron chi connectivity index (χ1n) is 5.90. The number of carbonyl (C=O) groups is 1. The van der Waals surface area contributed by atoms with Crippen molar-refractivity contribution in [1.29, 1.82) is 0 Å². The van der Waals surface area contributed by atoms with E-state index in [1.165, 1.54) is 11.3 Å². The van der Waals surface area contributed by atoms with Crippen LogP contribution in [0, 0.1) is 5.92 Å². The first-order chi connectivity index (χ1) is 9.03. The molecule has 100 valence electrons. The third-order valence-electron chi connectivity index (χ3n) is 3.13. The van der Waals surface area contributed by atoms with E-state index >= 15 is 0 Å². The van der Waals surface area contributed by atoms with Crippen molar-refractivity contribution in [2.75, 3.05) is 16.8 Å². The van der Waals surface area contributed by atoms with E-state index in [0.717, 1.165) is 10.2 Å². The van der Waals surface area contributed by atoms with Gasteiger partial charge in [-0.1, -0.05) is 23.5 Å². The molecule has 19 heavy (non-hydrogen) atoms. The van der Waals surface area contributed by atoms with Gasteiger partial charge in [0.05, 0.1) is 27.6 Å². The molecule has 1 N–H and O–H groups in total. The second kappa shape index (κ2) is 4.57. The van der Waals surface area contributed by atoms with Crippen LogP contribution in [0.25, 0.3) is 10.2 Å². The van der Waals surface area contributed by atoms with Gasteiger partial charge in [-0.25, -0.2) is 13.4 Å². The number of anilines is 1. The molecule has 1 aliphatic rings. The Hall–Kier alpha value is -1.47. The van der Waals surface area contributed by atoms with Gasteiger partial charge in [0.1, 0.15) is 0 Å². The fourth-order valence-electron chi connectivity index (χ4n) is 2.13. The number of hydrogen-bond donors (Lipinski definition) is 1. The number of aromatic nitrogens is 1. The van der Waals surface area contributed by atoms with Crippen LogP contribution in [0.2, 0.25) is 0 Å². The molecule has 0 saturated carbocycles. The van der Waals surface area contributed by atoms with Crippen molar-refractivity contribution in [3.63, 3.8) is 0 Å². The zero-order chi connectivity index (χ0) is 13.5. The molecule has 0 bridgehead atoms. The van der Waals surface area contributed by atoms with Gasteiger partial charge < -0.3 is 5.32 Å². The molecule has 1 fully saturated rings. The van der Waals surface area contributed by atoms with Crippen LogP contribution in [0.3, 0.4) is 0 Å².